The Hall–Kier alpha value is -3.11. The van der Waals surface area contributed by atoms with Crippen molar-refractivity contribution in [1.29, 1.82) is 0 Å². The molecule has 0 aliphatic carbocycles. The van der Waals surface area contributed by atoms with Crippen LogP contribution in [0.4, 0.5) is 4.39 Å². The van der Waals surface area contributed by atoms with E-state index in [2.05, 4.69) is 20.3 Å². The van der Waals surface area contributed by atoms with Gasteiger partial charge in [0.15, 0.2) is 9.84 Å². The van der Waals surface area contributed by atoms with E-state index in [0.717, 1.165) is 0 Å². The minimum Gasteiger partial charge on any atom is -0.338 e. The van der Waals surface area contributed by atoms with Crippen molar-refractivity contribution in [1.82, 2.24) is 20.3 Å². The molecule has 2 aromatic carbocycles. The number of aryl methyl sites for hydroxylation is 1. The van der Waals surface area contributed by atoms with Crippen molar-refractivity contribution in [3.05, 3.63) is 70.6 Å². The van der Waals surface area contributed by atoms with Gasteiger partial charge in [-0.1, -0.05) is 34.0 Å². The summed E-state index contributed by atoms with van der Waals surface area (Å²) in [4.78, 5) is 8.25. The number of rotatable bonds is 6. The summed E-state index contributed by atoms with van der Waals surface area (Å²) in [7, 11) is -3.81. The van der Waals surface area contributed by atoms with Crippen LogP contribution in [-0.2, 0) is 15.6 Å². The minimum atomic E-state index is -3.81. The maximum absolute atomic E-state index is 13.8. The van der Waals surface area contributed by atoms with Crippen LogP contribution in [0, 0.1) is 12.7 Å². The van der Waals surface area contributed by atoms with Gasteiger partial charge in [-0.2, -0.15) is 9.97 Å². The molecule has 0 bridgehead atoms. The second-order valence-corrected chi connectivity index (χ2v) is 9.65. The maximum atomic E-state index is 13.8. The predicted octanol–water partition coefficient (Wildman–Crippen LogP) is 4.56. The number of sulfone groups is 1. The lowest BCUT2D eigenvalue weighted by molar-refractivity contribution is 0.374. The third-order valence-electron chi connectivity index (χ3n) is 4.65. The van der Waals surface area contributed by atoms with Crippen LogP contribution in [0.15, 0.2) is 51.5 Å². The van der Waals surface area contributed by atoms with Gasteiger partial charge in [0, 0.05) is 16.1 Å². The first kappa shape index (κ1) is 21.1. The fourth-order valence-electron chi connectivity index (χ4n) is 2.73. The monoisotopic (exact) mass is 462 g/mol. The Bertz CT molecular complexity index is 1340. The van der Waals surface area contributed by atoms with Crippen molar-refractivity contribution in [3.8, 4) is 22.8 Å². The molecule has 2 heterocycles. The molecule has 160 valence electrons. The lowest BCUT2D eigenvalue weighted by atomic mass is 10.1. The molecule has 4 aromatic rings. The molecule has 0 fully saturated rings. The number of nitrogens with zero attached hydrogens (tertiary/aromatic N) is 4. The SMILES string of the molecule is Cc1ccc(-c2noc(C(C)S(=O)(=O)Cc3nc(-c4ccc(Cl)cc4)no3)n2)cc1F. The molecule has 0 aliphatic heterocycles. The summed E-state index contributed by atoms with van der Waals surface area (Å²) < 4.78 is 49.6. The number of aromatic nitrogens is 4. The van der Waals surface area contributed by atoms with Gasteiger partial charge in [0.05, 0.1) is 0 Å². The highest BCUT2D eigenvalue weighted by atomic mass is 35.5. The summed E-state index contributed by atoms with van der Waals surface area (Å²) in [5.74, 6) is -0.774. The molecule has 8 nitrogen and oxygen atoms in total. The average molecular weight is 463 g/mol. The quantitative estimate of drug-likeness (QED) is 0.409. The van der Waals surface area contributed by atoms with E-state index < -0.39 is 26.7 Å². The standard InChI is InChI=1S/C20H16ClFN4O4S/c1-11-3-4-14(9-16(11)22)19-24-20(30-26-19)12(2)31(27,28)10-17-23-18(25-29-17)13-5-7-15(21)8-6-13/h3-9,12H,10H2,1-2H3. The van der Waals surface area contributed by atoms with Gasteiger partial charge in [-0.05, 0) is 49.7 Å². The van der Waals surface area contributed by atoms with Gasteiger partial charge in [-0.15, -0.1) is 0 Å². The molecule has 31 heavy (non-hydrogen) atoms. The summed E-state index contributed by atoms with van der Waals surface area (Å²) >= 11 is 5.86. The van der Waals surface area contributed by atoms with Gasteiger partial charge in [0.25, 0.3) is 0 Å². The summed E-state index contributed by atoms with van der Waals surface area (Å²) in [5.41, 5.74) is 1.49. The van der Waals surface area contributed by atoms with Crippen LogP contribution in [0.25, 0.3) is 22.8 Å². The Morgan fingerprint density at radius 2 is 1.65 bits per heavy atom. The van der Waals surface area contributed by atoms with Crippen molar-refractivity contribution in [2.24, 2.45) is 0 Å². The third-order valence-corrected chi connectivity index (χ3v) is 6.83. The zero-order valence-corrected chi connectivity index (χ0v) is 18.0. The van der Waals surface area contributed by atoms with Crippen molar-refractivity contribution in [2.75, 3.05) is 0 Å². The van der Waals surface area contributed by atoms with E-state index in [9.17, 15) is 12.8 Å². The maximum Gasteiger partial charge on any atom is 0.245 e. The molecule has 0 N–H and O–H groups in total. The normalized spacial score (nSPS) is 12.8. The molecular formula is C20H16ClFN4O4S. The lowest BCUT2D eigenvalue weighted by Gasteiger charge is -2.06. The van der Waals surface area contributed by atoms with Crippen molar-refractivity contribution in [2.45, 2.75) is 24.9 Å². The van der Waals surface area contributed by atoms with Crippen LogP contribution in [0.1, 0.15) is 29.5 Å². The van der Waals surface area contributed by atoms with E-state index >= 15 is 0 Å². The van der Waals surface area contributed by atoms with Crippen molar-refractivity contribution >= 4 is 21.4 Å². The van der Waals surface area contributed by atoms with Gasteiger partial charge >= 0.3 is 0 Å². The highest BCUT2D eigenvalue weighted by Crippen LogP contribution is 2.27. The molecule has 0 amide bonds. The van der Waals surface area contributed by atoms with Gasteiger partial charge in [-0.3, -0.25) is 0 Å². The van der Waals surface area contributed by atoms with Crippen LogP contribution in [0.5, 0.6) is 0 Å². The van der Waals surface area contributed by atoms with Crippen molar-refractivity contribution < 1.29 is 21.9 Å². The number of hydrogen-bond donors (Lipinski definition) is 0. The zero-order valence-electron chi connectivity index (χ0n) is 16.4. The summed E-state index contributed by atoms with van der Waals surface area (Å²) in [6.45, 7) is 3.05. The first-order valence-electron chi connectivity index (χ1n) is 9.13. The van der Waals surface area contributed by atoms with Crippen LogP contribution in [0.3, 0.4) is 0 Å². The summed E-state index contributed by atoms with van der Waals surface area (Å²) in [5, 5.41) is 7.00. The molecule has 0 aliphatic rings. The molecule has 11 heteroatoms. The second-order valence-electron chi connectivity index (χ2n) is 6.89. The number of hydrogen-bond acceptors (Lipinski definition) is 8. The molecule has 0 spiro atoms. The van der Waals surface area contributed by atoms with Gasteiger partial charge in [-0.25, -0.2) is 12.8 Å². The van der Waals surface area contributed by atoms with Crippen LogP contribution in [0.2, 0.25) is 5.02 Å². The third kappa shape index (κ3) is 4.49. The van der Waals surface area contributed by atoms with E-state index in [1.54, 1.807) is 43.3 Å². The van der Waals surface area contributed by atoms with Crippen LogP contribution < -0.4 is 0 Å². The Morgan fingerprint density at radius 1 is 1.00 bits per heavy atom. The average Bonchev–Trinajstić information content (AvgIpc) is 3.40. The highest BCUT2D eigenvalue weighted by Gasteiger charge is 2.31. The lowest BCUT2D eigenvalue weighted by Crippen LogP contribution is -2.13. The van der Waals surface area contributed by atoms with Gasteiger partial charge in [0.1, 0.15) is 16.8 Å². The van der Waals surface area contributed by atoms with Gasteiger partial charge < -0.3 is 9.05 Å². The van der Waals surface area contributed by atoms with Crippen LogP contribution >= 0.6 is 11.6 Å². The first-order valence-corrected chi connectivity index (χ1v) is 11.2. The summed E-state index contributed by atoms with van der Waals surface area (Å²) in [6, 6.07) is 11.2. The molecule has 1 unspecified atom stereocenters. The first-order chi connectivity index (χ1) is 14.7. The smallest absolute Gasteiger partial charge is 0.245 e. The number of halogens is 2. The Balaban J connectivity index is 1.52. The highest BCUT2D eigenvalue weighted by molar-refractivity contribution is 7.90. The molecule has 1 atom stereocenters. The minimum absolute atomic E-state index is 0.0721. The molecular weight excluding hydrogens is 447 g/mol. The summed E-state index contributed by atoms with van der Waals surface area (Å²) in [6.07, 6.45) is 0. The van der Waals surface area contributed by atoms with Crippen LogP contribution in [-0.4, -0.2) is 28.7 Å². The Morgan fingerprint density at radius 3 is 2.35 bits per heavy atom. The second kappa shape index (κ2) is 8.20. The predicted molar refractivity (Wildman–Crippen MR) is 110 cm³/mol. The fraction of sp³-hybridized carbons (Fsp3) is 0.200. The van der Waals surface area contributed by atoms with E-state index in [1.165, 1.54) is 13.0 Å². The molecule has 2 aromatic heterocycles. The Kier molecular flexibility index (Phi) is 5.59. The van der Waals surface area contributed by atoms with E-state index in [0.29, 0.717) is 21.7 Å². The van der Waals surface area contributed by atoms with Crippen molar-refractivity contribution in [3.63, 3.8) is 0 Å². The zero-order chi connectivity index (χ0) is 22.2. The van der Waals surface area contributed by atoms with E-state index in [4.69, 9.17) is 20.6 Å². The van der Waals surface area contributed by atoms with E-state index in [1.807, 2.05) is 0 Å². The number of benzene rings is 2. The van der Waals surface area contributed by atoms with E-state index in [-0.39, 0.29) is 23.4 Å². The molecule has 0 saturated carbocycles. The molecule has 0 saturated heterocycles. The molecule has 4 rings (SSSR count). The Labute approximate surface area is 182 Å². The van der Waals surface area contributed by atoms with Gasteiger partial charge in [0.2, 0.25) is 23.4 Å². The largest absolute Gasteiger partial charge is 0.338 e. The molecule has 0 radical (unpaired) electrons. The fourth-order valence-corrected chi connectivity index (χ4v) is 3.97. The topological polar surface area (TPSA) is 112 Å².